The van der Waals surface area contributed by atoms with E-state index in [0.717, 1.165) is 22.0 Å². The quantitative estimate of drug-likeness (QED) is 0.538. The molecule has 0 radical (unpaired) electrons. The van der Waals surface area contributed by atoms with Crippen LogP contribution >= 0.6 is 0 Å². The minimum Gasteiger partial charge on any atom is -0.508 e. The number of rotatable bonds is 7. The number of benzene rings is 2. The van der Waals surface area contributed by atoms with Crippen LogP contribution in [-0.2, 0) is 17.6 Å². The molecule has 0 spiro atoms. The first kappa shape index (κ1) is 16.1. The zero-order valence-corrected chi connectivity index (χ0v) is 13.2. The van der Waals surface area contributed by atoms with Crippen LogP contribution in [0.2, 0.25) is 0 Å². The van der Waals surface area contributed by atoms with E-state index in [4.69, 9.17) is 0 Å². The van der Waals surface area contributed by atoms with Gasteiger partial charge in [-0.1, -0.05) is 36.4 Å². The van der Waals surface area contributed by atoms with Crippen LogP contribution < -0.4 is 5.32 Å². The highest BCUT2D eigenvalue weighted by atomic mass is 16.4. The van der Waals surface area contributed by atoms with Gasteiger partial charge in [-0.05, 0) is 29.7 Å². The molecule has 3 aromatic rings. The molecule has 3 rings (SSSR count). The zero-order valence-electron chi connectivity index (χ0n) is 13.2. The molecule has 5 heteroatoms. The largest absolute Gasteiger partial charge is 0.508 e. The lowest BCUT2D eigenvalue weighted by molar-refractivity contribution is -0.139. The first-order valence-corrected chi connectivity index (χ1v) is 7.93. The minimum atomic E-state index is -0.877. The third kappa shape index (κ3) is 3.58. The normalized spacial score (nSPS) is 12.3. The molecule has 2 aromatic carbocycles. The standard InChI is InChI=1S/C19H20N2O3/c22-18-8-4-1-5-13(18)9-10-20-17(19(23)24)11-14-12-21-16-7-3-2-6-15(14)16/h1-8,12,17,20-22H,9-11H2,(H,23,24)/t17-/m0/s1. The van der Waals surface area contributed by atoms with E-state index in [1.54, 1.807) is 12.1 Å². The Morgan fingerprint density at radius 1 is 1.08 bits per heavy atom. The number of phenolic OH excluding ortho intramolecular Hbond substituents is 1. The minimum absolute atomic E-state index is 0.239. The summed E-state index contributed by atoms with van der Waals surface area (Å²) in [6, 6.07) is 14.3. The van der Waals surface area contributed by atoms with Crippen molar-refractivity contribution < 1.29 is 15.0 Å². The van der Waals surface area contributed by atoms with Crippen LogP contribution in [0.5, 0.6) is 5.75 Å². The van der Waals surface area contributed by atoms with Gasteiger partial charge in [-0.3, -0.25) is 4.79 Å². The molecule has 124 valence electrons. The van der Waals surface area contributed by atoms with Crippen molar-refractivity contribution in [2.24, 2.45) is 0 Å². The number of hydrogen-bond donors (Lipinski definition) is 4. The molecule has 0 saturated heterocycles. The van der Waals surface area contributed by atoms with Crippen molar-refractivity contribution in [1.29, 1.82) is 0 Å². The maximum absolute atomic E-state index is 11.5. The zero-order chi connectivity index (χ0) is 16.9. The van der Waals surface area contributed by atoms with Gasteiger partial charge in [0.05, 0.1) is 0 Å². The summed E-state index contributed by atoms with van der Waals surface area (Å²) in [7, 11) is 0. The molecule has 0 bridgehead atoms. The maximum atomic E-state index is 11.5. The van der Waals surface area contributed by atoms with Gasteiger partial charge in [-0.15, -0.1) is 0 Å². The van der Waals surface area contributed by atoms with E-state index in [2.05, 4.69) is 10.3 Å². The van der Waals surface area contributed by atoms with Crippen LogP contribution in [-0.4, -0.2) is 33.8 Å². The van der Waals surface area contributed by atoms with Gasteiger partial charge in [0.25, 0.3) is 0 Å². The Labute approximate surface area is 140 Å². The average molecular weight is 324 g/mol. The number of phenols is 1. The fourth-order valence-electron chi connectivity index (χ4n) is 2.87. The number of aliphatic carboxylic acids is 1. The predicted molar refractivity (Wildman–Crippen MR) is 93.2 cm³/mol. The second-order valence-corrected chi connectivity index (χ2v) is 5.79. The van der Waals surface area contributed by atoms with Crippen LogP contribution in [0.3, 0.4) is 0 Å². The SMILES string of the molecule is O=C(O)[C@H](Cc1c[nH]c2ccccc12)NCCc1ccccc1O. The van der Waals surface area contributed by atoms with Crippen molar-refractivity contribution in [2.45, 2.75) is 18.9 Å². The molecule has 0 amide bonds. The number of para-hydroxylation sites is 2. The number of H-pyrrole nitrogens is 1. The van der Waals surface area contributed by atoms with Crippen LogP contribution in [0.25, 0.3) is 10.9 Å². The van der Waals surface area contributed by atoms with Gasteiger partial charge >= 0.3 is 5.97 Å². The van der Waals surface area contributed by atoms with E-state index in [1.165, 1.54) is 0 Å². The molecular weight excluding hydrogens is 304 g/mol. The first-order valence-electron chi connectivity index (χ1n) is 7.93. The van der Waals surface area contributed by atoms with Gasteiger partial charge in [0.2, 0.25) is 0 Å². The fraction of sp³-hybridized carbons (Fsp3) is 0.211. The van der Waals surface area contributed by atoms with Crippen molar-refractivity contribution in [1.82, 2.24) is 10.3 Å². The Balaban J connectivity index is 1.65. The highest BCUT2D eigenvalue weighted by Gasteiger charge is 2.19. The average Bonchev–Trinajstić information content (AvgIpc) is 2.98. The molecule has 1 heterocycles. The summed E-state index contributed by atoms with van der Waals surface area (Å²) >= 11 is 0. The van der Waals surface area contributed by atoms with Crippen molar-refractivity contribution >= 4 is 16.9 Å². The number of carboxylic acid groups (broad SMARTS) is 1. The van der Waals surface area contributed by atoms with Crippen LogP contribution in [0.15, 0.2) is 54.7 Å². The summed E-state index contributed by atoms with van der Waals surface area (Å²) in [6.45, 7) is 0.483. The monoisotopic (exact) mass is 324 g/mol. The second kappa shape index (κ2) is 7.19. The Bertz CT molecular complexity index is 841. The van der Waals surface area contributed by atoms with E-state index >= 15 is 0 Å². The first-order chi connectivity index (χ1) is 11.6. The van der Waals surface area contributed by atoms with Gasteiger partial charge in [0.15, 0.2) is 0 Å². The topological polar surface area (TPSA) is 85.3 Å². The van der Waals surface area contributed by atoms with Gasteiger partial charge in [-0.25, -0.2) is 0 Å². The van der Waals surface area contributed by atoms with Crippen LogP contribution in [0.4, 0.5) is 0 Å². The summed E-state index contributed by atoms with van der Waals surface area (Å²) < 4.78 is 0. The van der Waals surface area contributed by atoms with E-state index in [0.29, 0.717) is 19.4 Å². The maximum Gasteiger partial charge on any atom is 0.321 e. The lowest BCUT2D eigenvalue weighted by Gasteiger charge is -2.14. The van der Waals surface area contributed by atoms with Crippen LogP contribution in [0, 0.1) is 0 Å². The number of carbonyl (C=O) groups is 1. The van der Waals surface area contributed by atoms with Crippen molar-refractivity contribution in [3.05, 3.63) is 65.9 Å². The van der Waals surface area contributed by atoms with E-state index in [-0.39, 0.29) is 5.75 Å². The number of hydrogen-bond acceptors (Lipinski definition) is 3. The number of carboxylic acids is 1. The molecule has 0 aliphatic heterocycles. The summed E-state index contributed by atoms with van der Waals surface area (Å²) in [5.74, 6) is -0.639. The van der Waals surface area contributed by atoms with E-state index < -0.39 is 12.0 Å². The summed E-state index contributed by atoms with van der Waals surface area (Å²) in [4.78, 5) is 14.7. The fourth-order valence-corrected chi connectivity index (χ4v) is 2.87. The Morgan fingerprint density at radius 2 is 1.83 bits per heavy atom. The molecule has 0 unspecified atom stereocenters. The van der Waals surface area contributed by atoms with Crippen molar-refractivity contribution in [3.63, 3.8) is 0 Å². The number of aromatic hydroxyl groups is 1. The number of aromatic nitrogens is 1. The van der Waals surface area contributed by atoms with Gasteiger partial charge in [-0.2, -0.15) is 0 Å². The van der Waals surface area contributed by atoms with Gasteiger partial charge < -0.3 is 20.5 Å². The number of nitrogens with one attached hydrogen (secondary N) is 2. The van der Waals surface area contributed by atoms with Gasteiger partial charge in [0.1, 0.15) is 11.8 Å². The molecule has 5 nitrogen and oxygen atoms in total. The smallest absolute Gasteiger partial charge is 0.321 e. The molecule has 0 saturated carbocycles. The molecular formula is C19H20N2O3. The molecule has 24 heavy (non-hydrogen) atoms. The van der Waals surface area contributed by atoms with E-state index in [1.807, 2.05) is 42.6 Å². The summed E-state index contributed by atoms with van der Waals surface area (Å²) in [6.07, 6.45) is 2.84. The molecule has 0 aliphatic rings. The third-order valence-electron chi connectivity index (χ3n) is 4.17. The Hall–Kier alpha value is -2.79. The van der Waals surface area contributed by atoms with Gasteiger partial charge in [0, 0.05) is 30.1 Å². The molecule has 1 atom stereocenters. The highest BCUT2D eigenvalue weighted by Crippen LogP contribution is 2.19. The van der Waals surface area contributed by atoms with Crippen molar-refractivity contribution in [3.8, 4) is 5.75 Å². The van der Waals surface area contributed by atoms with Crippen LogP contribution in [0.1, 0.15) is 11.1 Å². The summed E-state index contributed by atoms with van der Waals surface area (Å²) in [5.41, 5.74) is 2.79. The molecule has 4 N–H and O–H groups in total. The van der Waals surface area contributed by atoms with Crippen molar-refractivity contribution in [2.75, 3.05) is 6.54 Å². The second-order valence-electron chi connectivity index (χ2n) is 5.79. The summed E-state index contributed by atoms with van der Waals surface area (Å²) in [5, 5.41) is 23.4. The van der Waals surface area contributed by atoms with E-state index in [9.17, 15) is 15.0 Å². The molecule has 0 fully saturated rings. The number of fused-ring (bicyclic) bond motifs is 1. The predicted octanol–water partition coefficient (Wildman–Crippen LogP) is 2.70. The highest BCUT2D eigenvalue weighted by molar-refractivity contribution is 5.84. The third-order valence-corrected chi connectivity index (χ3v) is 4.17. The Kier molecular flexibility index (Phi) is 4.82. The molecule has 0 aliphatic carbocycles. The Morgan fingerprint density at radius 3 is 2.62 bits per heavy atom. The number of aromatic amines is 1. The lowest BCUT2D eigenvalue weighted by atomic mass is 10.0. The lowest BCUT2D eigenvalue weighted by Crippen LogP contribution is -2.39. The molecule has 1 aromatic heterocycles.